The number of carbonyl (C=O) groups excluding carboxylic acids is 2. The highest BCUT2D eigenvalue weighted by molar-refractivity contribution is 7.12. The standard InChI is InChI=1S/C22H27N3O2S/c1-15-4-2-10-24(15)13-19-5-3-11-25(19)22(27)17-8-6-16(7-9-17)18-12-20(21(23)26)28-14-18/h6-9,12,14-15,19H,2-5,10-11,13H2,1H3,(H2,23,26). The monoisotopic (exact) mass is 397 g/mol. The fourth-order valence-electron chi connectivity index (χ4n) is 4.42. The molecule has 0 aliphatic carbocycles. The summed E-state index contributed by atoms with van der Waals surface area (Å²) in [7, 11) is 0. The van der Waals surface area contributed by atoms with Gasteiger partial charge in [-0.3, -0.25) is 14.5 Å². The number of rotatable bonds is 5. The van der Waals surface area contributed by atoms with Crippen LogP contribution in [0.1, 0.15) is 52.6 Å². The molecule has 1 aromatic heterocycles. The number of nitrogens with zero attached hydrogens (tertiary/aromatic N) is 2. The molecule has 2 fully saturated rings. The molecular weight excluding hydrogens is 370 g/mol. The molecule has 4 rings (SSSR count). The number of benzene rings is 1. The molecule has 2 aromatic rings. The number of nitrogens with two attached hydrogens (primary N) is 1. The van der Waals surface area contributed by atoms with Gasteiger partial charge in [-0.15, -0.1) is 11.3 Å². The second-order valence-corrected chi connectivity index (χ2v) is 8.83. The number of hydrogen-bond acceptors (Lipinski definition) is 4. The highest BCUT2D eigenvalue weighted by Crippen LogP contribution is 2.28. The summed E-state index contributed by atoms with van der Waals surface area (Å²) in [4.78, 5) is 29.5. The molecule has 2 aliphatic heterocycles. The first-order chi connectivity index (χ1) is 13.5. The van der Waals surface area contributed by atoms with Crippen molar-refractivity contribution in [3.8, 4) is 11.1 Å². The molecule has 0 radical (unpaired) electrons. The van der Waals surface area contributed by atoms with E-state index < -0.39 is 5.91 Å². The summed E-state index contributed by atoms with van der Waals surface area (Å²) in [6, 6.07) is 10.5. The van der Waals surface area contributed by atoms with Gasteiger partial charge in [0.25, 0.3) is 11.8 Å². The summed E-state index contributed by atoms with van der Waals surface area (Å²) >= 11 is 1.34. The van der Waals surface area contributed by atoms with E-state index in [1.807, 2.05) is 29.6 Å². The summed E-state index contributed by atoms with van der Waals surface area (Å²) in [5, 5.41) is 1.92. The normalized spacial score (nSPS) is 22.7. The van der Waals surface area contributed by atoms with E-state index in [0.717, 1.165) is 49.2 Å². The number of carbonyl (C=O) groups is 2. The zero-order valence-electron chi connectivity index (χ0n) is 16.3. The van der Waals surface area contributed by atoms with E-state index in [-0.39, 0.29) is 5.91 Å². The lowest BCUT2D eigenvalue weighted by Gasteiger charge is -2.30. The van der Waals surface area contributed by atoms with Gasteiger partial charge in [-0.2, -0.15) is 0 Å². The number of hydrogen-bond donors (Lipinski definition) is 1. The van der Waals surface area contributed by atoms with Gasteiger partial charge in [0.2, 0.25) is 0 Å². The fourth-order valence-corrected chi connectivity index (χ4v) is 5.18. The van der Waals surface area contributed by atoms with Gasteiger partial charge in [0.1, 0.15) is 0 Å². The molecule has 28 heavy (non-hydrogen) atoms. The summed E-state index contributed by atoms with van der Waals surface area (Å²) in [5.41, 5.74) is 8.02. The van der Waals surface area contributed by atoms with Crippen LogP contribution in [0.3, 0.4) is 0 Å². The van der Waals surface area contributed by atoms with Gasteiger partial charge < -0.3 is 10.6 Å². The molecule has 148 valence electrons. The molecule has 5 nitrogen and oxygen atoms in total. The summed E-state index contributed by atoms with van der Waals surface area (Å²) < 4.78 is 0. The maximum Gasteiger partial charge on any atom is 0.258 e. The van der Waals surface area contributed by atoms with E-state index >= 15 is 0 Å². The number of thiophene rings is 1. The van der Waals surface area contributed by atoms with Crippen LogP contribution in [0.2, 0.25) is 0 Å². The second kappa shape index (κ2) is 8.05. The Labute approximate surface area is 170 Å². The summed E-state index contributed by atoms with van der Waals surface area (Å²) in [6.45, 7) is 5.29. The molecule has 2 amide bonds. The molecule has 6 heteroatoms. The lowest BCUT2D eigenvalue weighted by molar-refractivity contribution is 0.0696. The quantitative estimate of drug-likeness (QED) is 0.838. The predicted molar refractivity (Wildman–Crippen MR) is 113 cm³/mol. The Bertz CT molecular complexity index is 861. The third-order valence-electron chi connectivity index (χ3n) is 6.08. The van der Waals surface area contributed by atoms with Crippen molar-refractivity contribution >= 4 is 23.2 Å². The van der Waals surface area contributed by atoms with Gasteiger partial charge in [0.05, 0.1) is 4.88 Å². The van der Waals surface area contributed by atoms with Crippen LogP contribution in [0.25, 0.3) is 11.1 Å². The molecule has 0 saturated carbocycles. The van der Waals surface area contributed by atoms with Gasteiger partial charge in [-0.25, -0.2) is 0 Å². The Morgan fingerprint density at radius 2 is 1.86 bits per heavy atom. The smallest absolute Gasteiger partial charge is 0.258 e. The minimum Gasteiger partial charge on any atom is -0.365 e. The molecular formula is C22H27N3O2S. The van der Waals surface area contributed by atoms with Crippen molar-refractivity contribution in [3.63, 3.8) is 0 Å². The third-order valence-corrected chi connectivity index (χ3v) is 7.03. The first-order valence-corrected chi connectivity index (χ1v) is 10.9. The van der Waals surface area contributed by atoms with Crippen molar-refractivity contribution < 1.29 is 9.59 Å². The minimum atomic E-state index is -0.407. The fraction of sp³-hybridized carbons (Fsp3) is 0.455. The minimum absolute atomic E-state index is 0.129. The highest BCUT2D eigenvalue weighted by atomic mass is 32.1. The van der Waals surface area contributed by atoms with Crippen molar-refractivity contribution in [3.05, 3.63) is 46.2 Å². The Morgan fingerprint density at radius 1 is 1.11 bits per heavy atom. The number of likely N-dealkylation sites (tertiary alicyclic amines) is 2. The van der Waals surface area contributed by atoms with Crippen LogP contribution >= 0.6 is 11.3 Å². The molecule has 2 saturated heterocycles. The van der Waals surface area contributed by atoms with E-state index in [2.05, 4.69) is 16.7 Å². The molecule has 2 N–H and O–H groups in total. The van der Waals surface area contributed by atoms with E-state index in [0.29, 0.717) is 17.0 Å². The van der Waals surface area contributed by atoms with Crippen LogP contribution in [0.4, 0.5) is 0 Å². The van der Waals surface area contributed by atoms with E-state index in [9.17, 15) is 9.59 Å². The Balaban J connectivity index is 1.45. The molecule has 0 spiro atoms. The van der Waals surface area contributed by atoms with Crippen LogP contribution in [0.15, 0.2) is 35.7 Å². The average molecular weight is 398 g/mol. The molecule has 2 unspecified atom stereocenters. The number of amides is 2. The van der Waals surface area contributed by atoms with Crippen LogP contribution in [-0.4, -0.2) is 53.3 Å². The van der Waals surface area contributed by atoms with Crippen molar-refractivity contribution in [2.75, 3.05) is 19.6 Å². The predicted octanol–water partition coefficient (Wildman–Crippen LogP) is 3.60. The van der Waals surface area contributed by atoms with Crippen LogP contribution in [-0.2, 0) is 0 Å². The first kappa shape index (κ1) is 19.2. The Morgan fingerprint density at radius 3 is 2.50 bits per heavy atom. The van der Waals surface area contributed by atoms with Crippen molar-refractivity contribution in [2.45, 2.75) is 44.7 Å². The highest BCUT2D eigenvalue weighted by Gasteiger charge is 2.32. The van der Waals surface area contributed by atoms with Gasteiger partial charge in [0, 0.05) is 30.7 Å². The Hall–Kier alpha value is -2.18. The molecule has 2 atom stereocenters. The molecule has 1 aromatic carbocycles. The zero-order valence-corrected chi connectivity index (χ0v) is 17.1. The van der Waals surface area contributed by atoms with Gasteiger partial charge in [-0.1, -0.05) is 12.1 Å². The maximum absolute atomic E-state index is 13.1. The largest absolute Gasteiger partial charge is 0.365 e. The van der Waals surface area contributed by atoms with Crippen LogP contribution < -0.4 is 5.73 Å². The summed E-state index contributed by atoms with van der Waals surface area (Å²) in [5.74, 6) is -0.278. The molecule has 3 heterocycles. The van der Waals surface area contributed by atoms with Gasteiger partial charge in [-0.05, 0) is 73.9 Å². The van der Waals surface area contributed by atoms with Crippen molar-refractivity contribution in [1.82, 2.24) is 9.80 Å². The lowest BCUT2D eigenvalue weighted by atomic mass is 10.1. The van der Waals surface area contributed by atoms with E-state index in [1.165, 1.54) is 24.2 Å². The van der Waals surface area contributed by atoms with E-state index in [1.54, 1.807) is 6.07 Å². The SMILES string of the molecule is CC1CCCN1CC1CCCN1C(=O)c1ccc(-c2csc(C(N)=O)c2)cc1. The second-order valence-electron chi connectivity index (χ2n) is 7.92. The third kappa shape index (κ3) is 3.84. The van der Waals surface area contributed by atoms with Gasteiger partial charge in [0.15, 0.2) is 0 Å². The molecule has 2 aliphatic rings. The van der Waals surface area contributed by atoms with E-state index in [4.69, 9.17) is 5.73 Å². The first-order valence-electron chi connectivity index (χ1n) is 10.1. The van der Waals surface area contributed by atoms with Crippen LogP contribution in [0.5, 0.6) is 0 Å². The van der Waals surface area contributed by atoms with Gasteiger partial charge >= 0.3 is 0 Å². The number of primary amides is 1. The summed E-state index contributed by atoms with van der Waals surface area (Å²) in [6.07, 6.45) is 4.71. The maximum atomic E-state index is 13.1. The van der Waals surface area contributed by atoms with Crippen LogP contribution in [0, 0.1) is 0 Å². The Kier molecular flexibility index (Phi) is 5.51. The lowest BCUT2D eigenvalue weighted by Crippen LogP contribution is -2.44. The zero-order chi connectivity index (χ0) is 19.7. The topological polar surface area (TPSA) is 66.6 Å². The van der Waals surface area contributed by atoms with Crippen molar-refractivity contribution in [1.29, 1.82) is 0 Å². The van der Waals surface area contributed by atoms with Crippen molar-refractivity contribution in [2.24, 2.45) is 5.73 Å². The molecule has 0 bridgehead atoms. The average Bonchev–Trinajstić information content (AvgIpc) is 3.43.